The fourth-order valence-electron chi connectivity index (χ4n) is 3.05. The first-order valence-corrected chi connectivity index (χ1v) is 7.77. The molecule has 3 heteroatoms. The molecule has 2 rings (SSSR count). The molecule has 1 aliphatic carbocycles. The standard InChI is InChI=1S/C17H26N2O/c1-13-9-10-16(18-2)15(12-13)17(20)19-11-5-8-14-6-3-4-7-14/h9-10,12,14,18H,3-8,11H2,1-2H3,(H,19,20). The largest absolute Gasteiger partial charge is 0.387 e. The summed E-state index contributed by atoms with van der Waals surface area (Å²) in [4.78, 5) is 12.2. The lowest BCUT2D eigenvalue weighted by atomic mass is 10.0. The van der Waals surface area contributed by atoms with Crippen LogP contribution >= 0.6 is 0 Å². The van der Waals surface area contributed by atoms with Crippen molar-refractivity contribution in [2.75, 3.05) is 18.9 Å². The number of nitrogens with one attached hydrogen (secondary N) is 2. The van der Waals surface area contributed by atoms with E-state index < -0.39 is 0 Å². The molecule has 1 fully saturated rings. The predicted molar refractivity (Wildman–Crippen MR) is 84.3 cm³/mol. The Labute approximate surface area is 122 Å². The topological polar surface area (TPSA) is 41.1 Å². The first-order chi connectivity index (χ1) is 9.70. The van der Waals surface area contributed by atoms with Crippen molar-refractivity contribution >= 4 is 11.6 Å². The van der Waals surface area contributed by atoms with Crippen molar-refractivity contribution in [1.82, 2.24) is 5.32 Å². The van der Waals surface area contributed by atoms with Crippen LogP contribution in [0.5, 0.6) is 0 Å². The van der Waals surface area contributed by atoms with Gasteiger partial charge in [-0.25, -0.2) is 0 Å². The van der Waals surface area contributed by atoms with Crippen molar-refractivity contribution in [3.63, 3.8) is 0 Å². The molecule has 0 saturated heterocycles. The van der Waals surface area contributed by atoms with E-state index in [1.54, 1.807) is 0 Å². The molecular formula is C17H26N2O. The monoisotopic (exact) mass is 274 g/mol. The molecule has 0 bridgehead atoms. The van der Waals surface area contributed by atoms with Crippen molar-refractivity contribution < 1.29 is 4.79 Å². The molecule has 20 heavy (non-hydrogen) atoms. The highest BCUT2D eigenvalue weighted by molar-refractivity contribution is 5.99. The minimum Gasteiger partial charge on any atom is -0.387 e. The lowest BCUT2D eigenvalue weighted by Crippen LogP contribution is -2.25. The third kappa shape index (κ3) is 3.99. The van der Waals surface area contributed by atoms with Gasteiger partial charge in [-0.3, -0.25) is 4.79 Å². The predicted octanol–water partition coefficient (Wildman–Crippen LogP) is 3.74. The molecule has 0 aromatic heterocycles. The first-order valence-electron chi connectivity index (χ1n) is 7.77. The van der Waals surface area contributed by atoms with Gasteiger partial charge >= 0.3 is 0 Å². The van der Waals surface area contributed by atoms with Crippen LogP contribution in [0.15, 0.2) is 18.2 Å². The molecule has 1 amide bonds. The molecule has 1 aromatic rings. The molecule has 0 aliphatic heterocycles. The van der Waals surface area contributed by atoms with E-state index in [1.165, 1.54) is 32.1 Å². The van der Waals surface area contributed by atoms with E-state index in [0.29, 0.717) is 0 Å². The molecule has 1 aliphatic rings. The first kappa shape index (κ1) is 14.9. The minimum atomic E-state index is 0.0319. The van der Waals surface area contributed by atoms with Crippen LogP contribution in [0.1, 0.15) is 54.4 Å². The highest BCUT2D eigenvalue weighted by Gasteiger charge is 2.15. The summed E-state index contributed by atoms with van der Waals surface area (Å²) in [6.07, 6.45) is 7.91. The number of carbonyl (C=O) groups is 1. The van der Waals surface area contributed by atoms with E-state index in [1.807, 2.05) is 32.2 Å². The number of hydrogen-bond acceptors (Lipinski definition) is 2. The van der Waals surface area contributed by atoms with Crippen LogP contribution in [0.2, 0.25) is 0 Å². The second kappa shape index (κ2) is 7.32. The Morgan fingerprint density at radius 3 is 2.75 bits per heavy atom. The Balaban J connectivity index is 1.80. The van der Waals surface area contributed by atoms with E-state index in [9.17, 15) is 4.79 Å². The Morgan fingerprint density at radius 2 is 2.05 bits per heavy atom. The highest BCUT2D eigenvalue weighted by Crippen LogP contribution is 2.28. The quantitative estimate of drug-likeness (QED) is 0.776. The van der Waals surface area contributed by atoms with Gasteiger partial charge in [0.05, 0.1) is 5.56 Å². The van der Waals surface area contributed by atoms with E-state index in [4.69, 9.17) is 0 Å². The number of carbonyl (C=O) groups excluding carboxylic acids is 1. The van der Waals surface area contributed by atoms with Crippen molar-refractivity contribution in [3.05, 3.63) is 29.3 Å². The molecule has 0 heterocycles. The number of anilines is 1. The molecule has 3 nitrogen and oxygen atoms in total. The zero-order valence-corrected chi connectivity index (χ0v) is 12.7. The van der Waals surface area contributed by atoms with E-state index in [-0.39, 0.29) is 5.91 Å². The van der Waals surface area contributed by atoms with Gasteiger partial charge in [0, 0.05) is 19.3 Å². The maximum absolute atomic E-state index is 12.2. The smallest absolute Gasteiger partial charge is 0.253 e. The minimum absolute atomic E-state index is 0.0319. The molecule has 1 saturated carbocycles. The summed E-state index contributed by atoms with van der Waals surface area (Å²) in [7, 11) is 1.85. The number of hydrogen-bond donors (Lipinski definition) is 2. The SMILES string of the molecule is CNc1ccc(C)cc1C(=O)NCCCC1CCCC1. The molecule has 1 aromatic carbocycles. The third-order valence-electron chi connectivity index (χ3n) is 4.24. The Morgan fingerprint density at radius 1 is 1.30 bits per heavy atom. The Bertz CT molecular complexity index is 450. The normalized spacial score (nSPS) is 15.3. The van der Waals surface area contributed by atoms with Gasteiger partial charge in [-0.1, -0.05) is 37.3 Å². The summed E-state index contributed by atoms with van der Waals surface area (Å²) in [5.74, 6) is 0.934. The van der Waals surface area contributed by atoms with Crippen molar-refractivity contribution in [3.8, 4) is 0 Å². The van der Waals surface area contributed by atoms with Crippen molar-refractivity contribution in [2.45, 2.75) is 45.4 Å². The van der Waals surface area contributed by atoms with Gasteiger partial charge in [0.1, 0.15) is 0 Å². The Kier molecular flexibility index (Phi) is 5.45. The van der Waals surface area contributed by atoms with E-state index in [0.717, 1.165) is 35.7 Å². The zero-order chi connectivity index (χ0) is 14.4. The molecule has 0 spiro atoms. The molecular weight excluding hydrogens is 248 g/mol. The van der Waals surface area contributed by atoms with Crippen LogP contribution in [0.25, 0.3) is 0 Å². The maximum atomic E-state index is 12.2. The number of rotatable bonds is 6. The summed E-state index contributed by atoms with van der Waals surface area (Å²) in [5.41, 5.74) is 2.75. The summed E-state index contributed by atoms with van der Waals surface area (Å²) < 4.78 is 0. The molecule has 0 radical (unpaired) electrons. The fraction of sp³-hybridized carbons (Fsp3) is 0.588. The van der Waals surface area contributed by atoms with Crippen LogP contribution in [-0.2, 0) is 0 Å². The third-order valence-corrected chi connectivity index (χ3v) is 4.24. The lowest BCUT2D eigenvalue weighted by molar-refractivity contribution is 0.0953. The summed E-state index contributed by atoms with van der Waals surface area (Å²) in [5, 5.41) is 6.12. The summed E-state index contributed by atoms with van der Waals surface area (Å²) in [6, 6.07) is 5.92. The highest BCUT2D eigenvalue weighted by atomic mass is 16.1. The van der Waals surface area contributed by atoms with Gasteiger partial charge in [0.2, 0.25) is 0 Å². The number of amides is 1. The summed E-state index contributed by atoms with van der Waals surface area (Å²) >= 11 is 0. The van der Waals surface area contributed by atoms with Gasteiger partial charge in [0.25, 0.3) is 5.91 Å². The number of aryl methyl sites for hydroxylation is 1. The van der Waals surface area contributed by atoms with E-state index in [2.05, 4.69) is 10.6 Å². The summed E-state index contributed by atoms with van der Waals surface area (Å²) in [6.45, 7) is 2.79. The van der Waals surface area contributed by atoms with Gasteiger partial charge in [0.15, 0.2) is 0 Å². The van der Waals surface area contributed by atoms with Crippen LogP contribution in [0.4, 0.5) is 5.69 Å². The van der Waals surface area contributed by atoms with Gasteiger partial charge in [-0.2, -0.15) is 0 Å². The number of benzene rings is 1. The second-order valence-electron chi connectivity index (χ2n) is 5.85. The zero-order valence-electron chi connectivity index (χ0n) is 12.7. The average molecular weight is 274 g/mol. The van der Waals surface area contributed by atoms with Crippen LogP contribution in [0.3, 0.4) is 0 Å². The molecule has 0 atom stereocenters. The molecule has 110 valence electrons. The van der Waals surface area contributed by atoms with Crippen LogP contribution in [0, 0.1) is 12.8 Å². The van der Waals surface area contributed by atoms with Crippen LogP contribution < -0.4 is 10.6 Å². The second-order valence-corrected chi connectivity index (χ2v) is 5.85. The molecule has 2 N–H and O–H groups in total. The molecule has 0 unspecified atom stereocenters. The lowest BCUT2D eigenvalue weighted by Gasteiger charge is -2.12. The average Bonchev–Trinajstić information content (AvgIpc) is 2.96. The van der Waals surface area contributed by atoms with Crippen LogP contribution in [-0.4, -0.2) is 19.5 Å². The van der Waals surface area contributed by atoms with E-state index >= 15 is 0 Å². The van der Waals surface area contributed by atoms with Gasteiger partial charge in [-0.05, 0) is 37.8 Å². The Hall–Kier alpha value is -1.51. The maximum Gasteiger partial charge on any atom is 0.253 e. The van der Waals surface area contributed by atoms with Gasteiger partial charge < -0.3 is 10.6 Å². The fourth-order valence-corrected chi connectivity index (χ4v) is 3.05. The van der Waals surface area contributed by atoms with Crippen molar-refractivity contribution in [1.29, 1.82) is 0 Å². The van der Waals surface area contributed by atoms with Crippen molar-refractivity contribution in [2.24, 2.45) is 5.92 Å². The van der Waals surface area contributed by atoms with Gasteiger partial charge in [-0.15, -0.1) is 0 Å².